The van der Waals surface area contributed by atoms with E-state index >= 15 is 0 Å². The van der Waals surface area contributed by atoms with Crippen molar-refractivity contribution >= 4 is 22.7 Å². The molecule has 0 fully saturated rings. The van der Waals surface area contributed by atoms with Crippen LogP contribution in [0.1, 0.15) is 85.4 Å². The summed E-state index contributed by atoms with van der Waals surface area (Å²) in [6, 6.07) is 31.2. The number of nitrogens with one attached hydrogen (secondary N) is 3. The van der Waals surface area contributed by atoms with Crippen LogP contribution in [0.4, 0.5) is 22.7 Å². The zero-order chi connectivity index (χ0) is 27.5. The summed E-state index contributed by atoms with van der Waals surface area (Å²) < 4.78 is 0. The van der Waals surface area contributed by atoms with Crippen LogP contribution < -0.4 is 16.0 Å². The molecule has 3 heteroatoms. The lowest BCUT2D eigenvalue weighted by Gasteiger charge is -2.37. The highest BCUT2D eigenvalue weighted by Crippen LogP contribution is 2.41. The van der Waals surface area contributed by atoms with Gasteiger partial charge in [0.1, 0.15) is 0 Å². The van der Waals surface area contributed by atoms with E-state index in [4.69, 9.17) is 0 Å². The van der Waals surface area contributed by atoms with Crippen LogP contribution >= 0.6 is 0 Å². The van der Waals surface area contributed by atoms with Crippen molar-refractivity contribution < 1.29 is 0 Å². The molecule has 3 nitrogen and oxygen atoms in total. The number of hydrogen-bond acceptors (Lipinski definition) is 3. The van der Waals surface area contributed by atoms with Gasteiger partial charge in [0.05, 0.1) is 23.5 Å². The van der Waals surface area contributed by atoms with E-state index in [1.807, 2.05) is 0 Å². The predicted molar refractivity (Wildman–Crippen MR) is 169 cm³/mol. The van der Waals surface area contributed by atoms with E-state index in [0.717, 1.165) is 18.5 Å². The van der Waals surface area contributed by atoms with Crippen molar-refractivity contribution in [2.75, 3.05) is 16.0 Å². The molecule has 4 aromatic rings. The Morgan fingerprint density at radius 3 is 1.95 bits per heavy atom. The Bertz CT molecular complexity index is 1370. The summed E-state index contributed by atoms with van der Waals surface area (Å²) in [5.41, 5.74) is 12.8. The fourth-order valence-corrected chi connectivity index (χ4v) is 6.00. The zero-order valence-electron chi connectivity index (χ0n) is 24.3. The van der Waals surface area contributed by atoms with Crippen LogP contribution in [-0.4, -0.2) is 6.04 Å². The molecule has 5 rings (SSSR count). The summed E-state index contributed by atoms with van der Waals surface area (Å²) in [6.45, 7) is 13.5. The molecule has 3 N–H and O–H groups in total. The van der Waals surface area contributed by atoms with E-state index in [1.54, 1.807) is 0 Å². The Morgan fingerprint density at radius 1 is 0.692 bits per heavy atom. The maximum Gasteiger partial charge on any atom is 0.0715 e. The topological polar surface area (TPSA) is 36.1 Å². The van der Waals surface area contributed by atoms with Crippen molar-refractivity contribution in [1.29, 1.82) is 0 Å². The van der Waals surface area contributed by atoms with Crippen LogP contribution in [0.25, 0.3) is 0 Å². The van der Waals surface area contributed by atoms with Crippen molar-refractivity contribution in [2.24, 2.45) is 0 Å². The monoisotopic (exact) mass is 517 g/mol. The van der Waals surface area contributed by atoms with E-state index < -0.39 is 0 Å². The minimum Gasteiger partial charge on any atom is -0.378 e. The maximum atomic E-state index is 4.10. The van der Waals surface area contributed by atoms with E-state index in [2.05, 4.69) is 142 Å². The summed E-state index contributed by atoms with van der Waals surface area (Å²) >= 11 is 0. The van der Waals surface area contributed by atoms with E-state index in [1.165, 1.54) is 50.4 Å². The van der Waals surface area contributed by atoms with Crippen LogP contribution in [-0.2, 0) is 6.42 Å². The number of hydrogen-bond donors (Lipinski definition) is 3. The molecular weight excluding hydrogens is 474 g/mol. The minimum atomic E-state index is 0.130. The van der Waals surface area contributed by atoms with Crippen LogP contribution in [0.5, 0.6) is 0 Å². The largest absolute Gasteiger partial charge is 0.378 e. The molecule has 1 heterocycles. The highest BCUT2D eigenvalue weighted by Gasteiger charge is 2.30. The van der Waals surface area contributed by atoms with Gasteiger partial charge in [0.15, 0.2) is 0 Å². The van der Waals surface area contributed by atoms with E-state index in [9.17, 15) is 0 Å². The number of aryl methyl sites for hydroxylation is 3. The Morgan fingerprint density at radius 2 is 1.31 bits per heavy atom. The Labute approximate surface area is 235 Å². The first-order valence-corrected chi connectivity index (χ1v) is 14.5. The number of benzene rings is 4. The Kier molecular flexibility index (Phi) is 7.97. The molecule has 4 aromatic carbocycles. The van der Waals surface area contributed by atoms with Gasteiger partial charge in [-0.05, 0) is 78.0 Å². The highest BCUT2D eigenvalue weighted by atomic mass is 15.1. The van der Waals surface area contributed by atoms with Gasteiger partial charge >= 0.3 is 0 Å². The quantitative estimate of drug-likeness (QED) is 0.218. The van der Waals surface area contributed by atoms with Gasteiger partial charge in [0.2, 0.25) is 0 Å². The van der Waals surface area contributed by atoms with Crippen molar-refractivity contribution in [3.8, 4) is 0 Å². The molecule has 2 atom stereocenters. The molecule has 0 amide bonds. The second-order valence-electron chi connectivity index (χ2n) is 11.7. The first-order valence-electron chi connectivity index (χ1n) is 14.5. The van der Waals surface area contributed by atoms with Gasteiger partial charge in [0, 0.05) is 11.4 Å². The maximum absolute atomic E-state index is 4.10. The molecule has 0 radical (unpaired) electrons. The predicted octanol–water partition coefficient (Wildman–Crippen LogP) is 9.87. The molecule has 202 valence electrons. The lowest BCUT2D eigenvalue weighted by atomic mass is 9.87. The molecular formula is C36H43N3. The van der Waals surface area contributed by atoms with Crippen LogP contribution in [0.2, 0.25) is 0 Å². The molecule has 1 aliphatic rings. The fourth-order valence-electron chi connectivity index (χ4n) is 6.00. The van der Waals surface area contributed by atoms with Gasteiger partial charge in [-0.1, -0.05) is 107 Å². The van der Waals surface area contributed by atoms with E-state index in [-0.39, 0.29) is 12.1 Å². The van der Waals surface area contributed by atoms with Crippen molar-refractivity contribution in [2.45, 2.75) is 78.3 Å². The standard InChI is InChI=1S/C36H43N3/c1-23(2)29-18-12-19-30(24(3)4)36(29)39-35(27-15-8-7-9-16-27)32-22-21-28-17-11-20-31(34(28)38-32)37-33-25(5)13-10-14-26(33)6/h7-20,23-24,32,35,37-39H,21-22H2,1-6H3. The van der Waals surface area contributed by atoms with E-state index in [0.29, 0.717) is 11.8 Å². The lowest BCUT2D eigenvalue weighted by Crippen LogP contribution is -2.36. The van der Waals surface area contributed by atoms with Gasteiger partial charge < -0.3 is 16.0 Å². The zero-order valence-corrected chi connectivity index (χ0v) is 24.3. The summed E-state index contributed by atoms with van der Waals surface area (Å²) in [5, 5.41) is 11.9. The van der Waals surface area contributed by atoms with Gasteiger partial charge in [0.25, 0.3) is 0 Å². The van der Waals surface area contributed by atoms with Crippen LogP contribution in [0.15, 0.2) is 84.9 Å². The second-order valence-corrected chi connectivity index (χ2v) is 11.7. The van der Waals surface area contributed by atoms with Gasteiger partial charge in [-0.2, -0.15) is 0 Å². The van der Waals surface area contributed by atoms with Crippen molar-refractivity contribution in [1.82, 2.24) is 0 Å². The molecule has 39 heavy (non-hydrogen) atoms. The fraction of sp³-hybridized carbons (Fsp3) is 0.333. The lowest BCUT2D eigenvalue weighted by molar-refractivity contribution is 0.555. The van der Waals surface area contributed by atoms with Crippen LogP contribution in [0, 0.1) is 13.8 Å². The Hall–Kier alpha value is -3.72. The smallest absolute Gasteiger partial charge is 0.0715 e. The highest BCUT2D eigenvalue weighted by molar-refractivity contribution is 5.80. The average Bonchev–Trinajstić information content (AvgIpc) is 2.94. The van der Waals surface area contributed by atoms with Gasteiger partial charge in [-0.3, -0.25) is 0 Å². The number of anilines is 4. The number of fused-ring (bicyclic) bond motifs is 1. The molecule has 0 saturated heterocycles. The van der Waals surface area contributed by atoms with Crippen LogP contribution in [0.3, 0.4) is 0 Å². The molecule has 2 unspecified atom stereocenters. The number of rotatable bonds is 8. The molecule has 0 aromatic heterocycles. The third kappa shape index (κ3) is 5.68. The third-order valence-electron chi connectivity index (χ3n) is 8.18. The summed E-state index contributed by atoms with van der Waals surface area (Å²) in [6.07, 6.45) is 2.11. The summed E-state index contributed by atoms with van der Waals surface area (Å²) in [4.78, 5) is 0. The average molecular weight is 518 g/mol. The van der Waals surface area contributed by atoms with Crippen molar-refractivity contribution in [3.63, 3.8) is 0 Å². The minimum absolute atomic E-state index is 0.130. The SMILES string of the molecule is Cc1cccc(C)c1Nc1cccc2c1NC(C(Nc1c(C(C)C)cccc1C(C)C)c1ccccc1)CC2. The molecule has 0 spiro atoms. The molecule has 0 bridgehead atoms. The first-order chi connectivity index (χ1) is 18.8. The summed E-state index contributed by atoms with van der Waals surface area (Å²) in [5.74, 6) is 0.881. The second kappa shape index (κ2) is 11.6. The normalized spacial score (nSPS) is 15.5. The van der Waals surface area contributed by atoms with Crippen molar-refractivity contribution in [3.05, 3.63) is 118 Å². The molecule has 0 saturated carbocycles. The molecule has 0 aliphatic carbocycles. The Balaban J connectivity index is 1.54. The first kappa shape index (κ1) is 26.9. The molecule has 1 aliphatic heterocycles. The third-order valence-corrected chi connectivity index (χ3v) is 8.18. The van der Waals surface area contributed by atoms with Gasteiger partial charge in [-0.15, -0.1) is 0 Å². The van der Waals surface area contributed by atoms with Gasteiger partial charge in [-0.25, -0.2) is 0 Å². The summed E-state index contributed by atoms with van der Waals surface area (Å²) in [7, 11) is 0. The number of para-hydroxylation sites is 3.